The number of allylic oxidation sites excluding steroid dienone is 6. The van der Waals surface area contributed by atoms with Crippen LogP contribution in [0.2, 0.25) is 0 Å². The lowest BCUT2D eigenvalue weighted by atomic mass is 9.88. The van der Waals surface area contributed by atoms with Crippen molar-refractivity contribution in [2.45, 2.75) is 4.90 Å². The summed E-state index contributed by atoms with van der Waals surface area (Å²) in [6.07, 6.45) is 3.91. The Hall–Kier alpha value is -3.05. The SMILES string of the molecule is N#CC(C#N)=C(/C(C#N)=C1C=C(/C=C/I)Sc2ccccc2\1)c1ccccc1. The molecule has 0 spiro atoms. The third-order valence-corrected chi connectivity index (χ3v) is 5.51. The number of halogens is 1. The summed E-state index contributed by atoms with van der Waals surface area (Å²) in [6, 6.07) is 23.1. The van der Waals surface area contributed by atoms with Gasteiger partial charge in [-0.1, -0.05) is 82.9 Å². The molecule has 1 aliphatic heterocycles. The van der Waals surface area contributed by atoms with Crippen molar-refractivity contribution >= 4 is 45.5 Å². The Kier molecular flexibility index (Phi) is 6.50. The van der Waals surface area contributed by atoms with Gasteiger partial charge in [-0.05, 0) is 33.4 Å². The van der Waals surface area contributed by atoms with E-state index in [4.69, 9.17) is 0 Å². The number of thioether (sulfide) groups is 1. The highest BCUT2D eigenvalue weighted by Crippen LogP contribution is 2.44. The van der Waals surface area contributed by atoms with Crippen molar-refractivity contribution < 1.29 is 0 Å². The summed E-state index contributed by atoms with van der Waals surface area (Å²) < 4.78 is 1.91. The maximum absolute atomic E-state index is 10.1. The summed E-state index contributed by atoms with van der Waals surface area (Å²) in [7, 11) is 0. The molecule has 3 nitrogen and oxygen atoms in total. The van der Waals surface area contributed by atoms with Crippen molar-refractivity contribution in [3.05, 3.63) is 98.0 Å². The van der Waals surface area contributed by atoms with E-state index in [0.717, 1.165) is 15.4 Å². The predicted molar refractivity (Wildman–Crippen MR) is 121 cm³/mol. The van der Waals surface area contributed by atoms with E-state index in [1.807, 2.05) is 70.8 Å². The van der Waals surface area contributed by atoms with Crippen LogP contribution in [0.1, 0.15) is 11.1 Å². The van der Waals surface area contributed by atoms with Gasteiger partial charge in [-0.15, -0.1) is 0 Å². The quantitative estimate of drug-likeness (QED) is 0.369. The average Bonchev–Trinajstić information content (AvgIpc) is 2.74. The van der Waals surface area contributed by atoms with E-state index in [2.05, 4.69) is 28.7 Å². The number of hydrogen-bond acceptors (Lipinski definition) is 4. The Morgan fingerprint density at radius 2 is 1.57 bits per heavy atom. The Bertz CT molecular complexity index is 1150. The van der Waals surface area contributed by atoms with E-state index < -0.39 is 0 Å². The number of nitrogens with zero attached hydrogens (tertiary/aromatic N) is 3. The number of nitriles is 3. The minimum Gasteiger partial charge on any atom is -0.192 e. The predicted octanol–water partition coefficient (Wildman–Crippen LogP) is 6.40. The lowest BCUT2D eigenvalue weighted by Crippen LogP contribution is -2.00. The van der Waals surface area contributed by atoms with Gasteiger partial charge in [-0.2, -0.15) is 15.8 Å². The van der Waals surface area contributed by atoms with Crippen molar-refractivity contribution in [3.8, 4) is 18.2 Å². The first-order valence-corrected chi connectivity index (χ1v) is 10.3. The molecule has 0 saturated heterocycles. The smallest absolute Gasteiger partial charge is 0.138 e. The van der Waals surface area contributed by atoms with E-state index in [0.29, 0.717) is 22.3 Å². The second kappa shape index (κ2) is 9.24. The monoisotopic (exact) mass is 489 g/mol. The Morgan fingerprint density at radius 3 is 2.21 bits per heavy atom. The first-order valence-electron chi connectivity index (χ1n) is 8.23. The molecule has 0 fully saturated rings. The van der Waals surface area contributed by atoms with Crippen molar-refractivity contribution in [2.24, 2.45) is 0 Å². The highest BCUT2D eigenvalue weighted by Gasteiger charge is 2.23. The topological polar surface area (TPSA) is 71.4 Å². The maximum atomic E-state index is 10.1. The molecule has 3 rings (SSSR count). The molecule has 132 valence electrons. The molecule has 0 aliphatic carbocycles. The van der Waals surface area contributed by atoms with Crippen LogP contribution in [-0.4, -0.2) is 0 Å². The number of benzene rings is 2. The van der Waals surface area contributed by atoms with E-state index >= 15 is 0 Å². The van der Waals surface area contributed by atoms with Crippen LogP contribution in [0.4, 0.5) is 0 Å². The summed E-state index contributed by atoms with van der Waals surface area (Å²) in [4.78, 5) is 2.01. The van der Waals surface area contributed by atoms with Crippen LogP contribution in [0.25, 0.3) is 11.1 Å². The largest absolute Gasteiger partial charge is 0.192 e. The van der Waals surface area contributed by atoms with Crippen molar-refractivity contribution in [1.82, 2.24) is 0 Å². The molecule has 0 aromatic heterocycles. The van der Waals surface area contributed by atoms with Gasteiger partial charge in [0.05, 0.1) is 5.57 Å². The molecule has 0 bridgehead atoms. The molecule has 0 amide bonds. The minimum atomic E-state index is -0.0784. The summed E-state index contributed by atoms with van der Waals surface area (Å²) in [5, 5.41) is 29.2. The summed E-state index contributed by atoms with van der Waals surface area (Å²) >= 11 is 3.78. The van der Waals surface area contributed by atoms with Gasteiger partial charge in [-0.25, -0.2) is 0 Å². The van der Waals surface area contributed by atoms with Crippen molar-refractivity contribution in [1.29, 1.82) is 15.8 Å². The van der Waals surface area contributed by atoms with E-state index in [9.17, 15) is 15.8 Å². The standard InChI is InChI=1S/C23H12IN3S/c24-11-10-18-12-20(19-8-4-5-9-22(19)28-18)21(15-27)23(17(13-25)14-26)16-6-2-1-3-7-16/h1-12H/b11-10+,21-20+. The second-order valence-electron chi connectivity index (χ2n) is 5.68. The Balaban J connectivity index is 2.41. The van der Waals surface area contributed by atoms with Crippen LogP contribution >= 0.6 is 34.4 Å². The lowest BCUT2D eigenvalue weighted by Gasteiger charge is -2.19. The first kappa shape index (κ1) is 19.7. The van der Waals surface area contributed by atoms with Crippen molar-refractivity contribution in [2.75, 3.05) is 0 Å². The van der Waals surface area contributed by atoms with Gasteiger partial charge in [0.1, 0.15) is 23.8 Å². The average molecular weight is 489 g/mol. The van der Waals surface area contributed by atoms with Crippen LogP contribution in [-0.2, 0) is 0 Å². The number of hydrogen-bond donors (Lipinski definition) is 0. The molecule has 0 N–H and O–H groups in total. The van der Waals surface area contributed by atoms with Gasteiger partial charge >= 0.3 is 0 Å². The Morgan fingerprint density at radius 1 is 0.893 bits per heavy atom. The molecule has 0 radical (unpaired) electrons. The molecule has 0 saturated carbocycles. The summed E-state index contributed by atoms with van der Waals surface area (Å²) in [6.45, 7) is 0. The minimum absolute atomic E-state index is 0.0784. The van der Waals surface area contributed by atoms with Gasteiger partial charge in [-0.3, -0.25) is 0 Å². The number of fused-ring (bicyclic) bond motifs is 1. The highest BCUT2D eigenvalue weighted by molar-refractivity contribution is 14.1. The van der Waals surface area contributed by atoms with Crippen LogP contribution < -0.4 is 0 Å². The molecular weight excluding hydrogens is 477 g/mol. The third-order valence-electron chi connectivity index (χ3n) is 4.09. The normalized spacial score (nSPS) is 14.1. The summed E-state index contributed by atoms with van der Waals surface area (Å²) in [5.74, 6) is 0. The third kappa shape index (κ3) is 3.94. The van der Waals surface area contributed by atoms with E-state index in [-0.39, 0.29) is 5.57 Å². The van der Waals surface area contributed by atoms with Crippen LogP contribution in [0.5, 0.6) is 0 Å². The van der Waals surface area contributed by atoms with E-state index in [1.54, 1.807) is 23.9 Å². The van der Waals surface area contributed by atoms with Gasteiger partial charge in [0, 0.05) is 20.9 Å². The van der Waals surface area contributed by atoms with Crippen LogP contribution in [0.15, 0.2) is 91.8 Å². The molecule has 0 unspecified atom stereocenters. The molecule has 0 atom stereocenters. The van der Waals surface area contributed by atoms with Gasteiger partial charge in [0.15, 0.2) is 0 Å². The van der Waals surface area contributed by atoms with Crippen LogP contribution in [0, 0.1) is 34.0 Å². The maximum Gasteiger partial charge on any atom is 0.138 e. The zero-order valence-electron chi connectivity index (χ0n) is 14.6. The molecule has 2 aromatic carbocycles. The zero-order chi connectivity index (χ0) is 19.9. The molecule has 2 aromatic rings. The molecular formula is C23H12IN3S. The van der Waals surface area contributed by atoms with Gasteiger partial charge in [0.25, 0.3) is 0 Å². The highest BCUT2D eigenvalue weighted by atomic mass is 127. The van der Waals surface area contributed by atoms with Crippen LogP contribution in [0.3, 0.4) is 0 Å². The first-order chi connectivity index (χ1) is 13.7. The Labute approximate surface area is 181 Å². The number of rotatable bonds is 3. The molecule has 5 heteroatoms. The molecule has 1 heterocycles. The molecule has 28 heavy (non-hydrogen) atoms. The fourth-order valence-corrected chi connectivity index (χ4v) is 4.54. The fraction of sp³-hybridized carbons (Fsp3) is 0. The lowest BCUT2D eigenvalue weighted by molar-refractivity contribution is 1.37. The van der Waals surface area contributed by atoms with E-state index in [1.165, 1.54) is 0 Å². The summed E-state index contributed by atoms with van der Waals surface area (Å²) in [5.41, 5.74) is 2.89. The second-order valence-corrected chi connectivity index (χ2v) is 7.51. The van der Waals surface area contributed by atoms with Crippen molar-refractivity contribution in [3.63, 3.8) is 0 Å². The fourth-order valence-electron chi connectivity index (χ4n) is 2.91. The molecule has 1 aliphatic rings. The zero-order valence-corrected chi connectivity index (χ0v) is 17.5. The van der Waals surface area contributed by atoms with Gasteiger partial charge in [0.2, 0.25) is 0 Å². The van der Waals surface area contributed by atoms with Gasteiger partial charge < -0.3 is 0 Å².